The van der Waals surface area contributed by atoms with Gasteiger partial charge in [0.15, 0.2) is 11.0 Å². The molecule has 1 aromatic rings. The first-order chi connectivity index (χ1) is 9.00. The van der Waals surface area contributed by atoms with Crippen molar-refractivity contribution in [2.24, 2.45) is 0 Å². The molecular formula is C13H19ClN4O. The molecule has 0 aliphatic carbocycles. The minimum atomic E-state index is 0.147. The number of likely N-dealkylation sites (N-methyl/N-ethyl adjacent to an activating group) is 1. The van der Waals surface area contributed by atoms with Gasteiger partial charge in [-0.3, -0.25) is 4.79 Å². The lowest BCUT2D eigenvalue weighted by atomic mass is 10.2. The van der Waals surface area contributed by atoms with Crippen molar-refractivity contribution in [2.45, 2.75) is 26.7 Å². The molecule has 1 aliphatic heterocycles. The molecule has 1 saturated heterocycles. The highest BCUT2D eigenvalue weighted by molar-refractivity contribution is 6.30. The first-order valence-electron chi connectivity index (χ1n) is 6.49. The van der Waals surface area contributed by atoms with Crippen molar-refractivity contribution in [2.75, 3.05) is 31.6 Å². The number of anilines is 1. The summed E-state index contributed by atoms with van der Waals surface area (Å²) in [5.74, 6) is 0.864. The fraction of sp³-hybridized carbons (Fsp3) is 0.615. The summed E-state index contributed by atoms with van der Waals surface area (Å²) in [6.07, 6.45) is 2.21. The average molecular weight is 283 g/mol. The summed E-state index contributed by atoms with van der Waals surface area (Å²) < 4.78 is 0. The van der Waals surface area contributed by atoms with Crippen LogP contribution in [-0.2, 0) is 4.79 Å². The molecule has 2 rings (SSSR count). The van der Waals surface area contributed by atoms with E-state index < -0.39 is 0 Å². The van der Waals surface area contributed by atoms with Crippen LogP contribution < -0.4 is 4.90 Å². The highest BCUT2D eigenvalue weighted by Crippen LogP contribution is 2.23. The van der Waals surface area contributed by atoms with Crippen molar-refractivity contribution in [3.05, 3.63) is 16.3 Å². The third kappa shape index (κ3) is 2.97. The summed E-state index contributed by atoms with van der Waals surface area (Å²) in [6, 6.07) is 0. The third-order valence-electron chi connectivity index (χ3n) is 3.63. The molecule has 0 unspecified atom stereocenters. The van der Waals surface area contributed by atoms with Crippen LogP contribution in [0, 0.1) is 13.8 Å². The van der Waals surface area contributed by atoms with Crippen LogP contribution in [0.3, 0.4) is 0 Å². The van der Waals surface area contributed by atoms with E-state index in [0.717, 1.165) is 42.9 Å². The number of hydrogen-bond acceptors (Lipinski definition) is 4. The van der Waals surface area contributed by atoms with Crippen molar-refractivity contribution < 1.29 is 4.79 Å². The van der Waals surface area contributed by atoms with E-state index in [9.17, 15) is 4.79 Å². The molecule has 6 heteroatoms. The van der Waals surface area contributed by atoms with Crippen molar-refractivity contribution in [1.29, 1.82) is 0 Å². The minimum absolute atomic E-state index is 0.147. The summed E-state index contributed by atoms with van der Waals surface area (Å²) in [5.41, 5.74) is 1.88. The number of carbonyl (C=O) groups is 1. The lowest BCUT2D eigenvalue weighted by molar-refractivity contribution is -0.128. The molecule has 0 saturated carbocycles. The fourth-order valence-electron chi connectivity index (χ4n) is 2.27. The summed E-state index contributed by atoms with van der Waals surface area (Å²) in [7, 11) is 1.86. The van der Waals surface area contributed by atoms with E-state index in [2.05, 4.69) is 10.2 Å². The van der Waals surface area contributed by atoms with E-state index in [-0.39, 0.29) is 5.91 Å². The van der Waals surface area contributed by atoms with Crippen molar-refractivity contribution in [3.63, 3.8) is 0 Å². The molecule has 19 heavy (non-hydrogen) atoms. The number of nitrogens with zero attached hydrogens (tertiary/aromatic N) is 4. The molecule has 0 spiro atoms. The SMILES string of the molecule is Cc1c(Cl)nnc(N(C)CC(=O)N2CCCC2)c1C. The summed E-state index contributed by atoms with van der Waals surface area (Å²) in [4.78, 5) is 15.8. The molecule has 0 aromatic carbocycles. The highest BCUT2D eigenvalue weighted by Gasteiger charge is 2.21. The van der Waals surface area contributed by atoms with Crippen molar-refractivity contribution in [3.8, 4) is 0 Å². The average Bonchev–Trinajstić information content (AvgIpc) is 2.89. The van der Waals surface area contributed by atoms with Crippen LogP contribution in [0.1, 0.15) is 24.0 Å². The Hall–Kier alpha value is -1.36. The molecule has 5 nitrogen and oxygen atoms in total. The summed E-state index contributed by atoms with van der Waals surface area (Å²) >= 11 is 5.93. The maximum atomic E-state index is 12.1. The second kappa shape index (κ2) is 5.74. The Morgan fingerprint density at radius 1 is 1.26 bits per heavy atom. The Kier molecular flexibility index (Phi) is 4.24. The number of likely N-dealkylation sites (tertiary alicyclic amines) is 1. The van der Waals surface area contributed by atoms with Gasteiger partial charge in [-0.05, 0) is 37.8 Å². The van der Waals surface area contributed by atoms with Crippen LogP contribution in [0.15, 0.2) is 0 Å². The van der Waals surface area contributed by atoms with Gasteiger partial charge in [0.25, 0.3) is 0 Å². The molecule has 0 bridgehead atoms. The first-order valence-corrected chi connectivity index (χ1v) is 6.86. The largest absolute Gasteiger partial charge is 0.349 e. The predicted molar refractivity (Wildman–Crippen MR) is 75.6 cm³/mol. The van der Waals surface area contributed by atoms with Crippen LogP contribution in [-0.4, -0.2) is 47.7 Å². The van der Waals surface area contributed by atoms with Crippen LogP contribution in [0.25, 0.3) is 0 Å². The first kappa shape index (κ1) is 14.1. The number of halogens is 1. The van der Waals surface area contributed by atoms with Gasteiger partial charge in [0.05, 0.1) is 6.54 Å². The molecular weight excluding hydrogens is 264 g/mol. The molecule has 1 aromatic heterocycles. The van der Waals surface area contributed by atoms with Gasteiger partial charge in [-0.2, -0.15) is 0 Å². The van der Waals surface area contributed by atoms with Crippen LogP contribution in [0.4, 0.5) is 5.82 Å². The third-order valence-corrected chi connectivity index (χ3v) is 3.99. The summed E-state index contributed by atoms with van der Waals surface area (Å²) in [5, 5.41) is 8.42. The molecule has 1 fully saturated rings. The monoisotopic (exact) mass is 282 g/mol. The van der Waals surface area contributed by atoms with Gasteiger partial charge in [0, 0.05) is 20.1 Å². The van der Waals surface area contributed by atoms with Crippen molar-refractivity contribution in [1.82, 2.24) is 15.1 Å². The zero-order valence-electron chi connectivity index (χ0n) is 11.6. The molecule has 1 aliphatic rings. The van der Waals surface area contributed by atoms with E-state index in [1.807, 2.05) is 30.7 Å². The Labute approximate surface area is 118 Å². The number of carbonyl (C=O) groups excluding carboxylic acids is 1. The maximum Gasteiger partial charge on any atom is 0.242 e. The molecule has 0 N–H and O–H groups in total. The quantitative estimate of drug-likeness (QED) is 0.848. The minimum Gasteiger partial charge on any atom is -0.349 e. The maximum absolute atomic E-state index is 12.1. The smallest absolute Gasteiger partial charge is 0.242 e. The zero-order chi connectivity index (χ0) is 14.0. The topological polar surface area (TPSA) is 49.3 Å². The van der Waals surface area contributed by atoms with Gasteiger partial charge in [0.2, 0.25) is 5.91 Å². The van der Waals surface area contributed by atoms with Gasteiger partial charge >= 0.3 is 0 Å². The second-order valence-electron chi connectivity index (χ2n) is 5.01. The highest BCUT2D eigenvalue weighted by atomic mass is 35.5. The zero-order valence-corrected chi connectivity index (χ0v) is 12.4. The Balaban J connectivity index is 2.09. The van der Waals surface area contributed by atoms with Crippen LogP contribution in [0.2, 0.25) is 5.15 Å². The van der Waals surface area contributed by atoms with E-state index >= 15 is 0 Å². The van der Waals surface area contributed by atoms with E-state index in [4.69, 9.17) is 11.6 Å². The molecule has 0 radical (unpaired) electrons. The molecule has 1 amide bonds. The number of hydrogen-bond donors (Lipinski definition) is 0. The van der Waals surface area contributed by atoms with Gasteiger partial charge in [-0.15, -0.1) is 10.2 Å². The standard InChI is InChI=1S/C13H19ClN4O/c1-9-10(2)13(16-15-12(9)14)17(3)8-11(19)18-6-4-5-7-18/h4-8H2,1-3H3. The van der Waals surface area contributed by atoms with E-state index in [1.54, 1.807) is 0 Å². The lowest BCUT2D eigenvalue weighted by Crippen LogP contribution is -2.37. The molecule has 2 heterocycles. The van der Waals surface area contributed by atoms with Crippen LogP contribution in [0.5, 0.6) is 0 Å². The summed E-state index contributed by atoms with van der Waals surface area (Å²) in [6.45, 7) is 5.93. The second-order valence-corrected chi connectivity index (χ2v) is 5.37. The predicted octanol–water partition coefficient (Wildman–Crippen LogP) is 1.81. The van der Waals surface area contributed by atoms with Crippen molar-refractivity contribution >= 4 is 23.3 Å². The number of aromatic nitrogens is 2. The number of rotatable bonds is 3. The molecule has 104 valence electrons. The lowest BCUT2D eigenvalue weighted by Gasteiger charge is -2.23. The Bertz CT molecular complexity index is 486. The Morgan fingerprint density at radius 2 is 1.89 bits per heavy atom. The van der Waals surface area contributed by atoms with Gasteiger partial charge in [-0.1, -0.05) is 11.6 Å². The van der Waals surface area contributed by atoms with Gasteiger partial charge in [0.1, 0.15) is 0 Å². The van der Waals surface area contributed by atoms with Gasteiger partial charge < -0.3 is 9.80 Å². The van der Waals surface area contributed by atoms with E-state index in [1.165, 1.54) is 0 Å². The number of amides is 1. The molecule has 0 atom stereocenters. The van der Waals surface area contributed by atoms with E-state index in [0.29, 0.717) is 11.7 Å². The van der Waals surface area contributed by atoms with Gasteiger partial charge in [-0.25, -0.2) is 0 Å². The normalized spacial score (nSPS) is 14.8. The fourth-order valence-corrected chi connectivity index (χ4v) is 2.45. The van der Waals surface area contributed by atoms with Crippen LogP contribution >= 0.6 is 11.6 Å². The Morgan fingerprint density at radius 3 is 2.53 bits per heavy atom.